The van der Waals surface area contributed by atoms with E-state index in [1.165, 1.54) is 6.92 Å². The number of ketones is 1. The third-order valence-electron chi connectivity index (χ3n) is 3.45. The summed E-state index contributed by atoms with van der Waals surface area (Å²) in [6.45, 7) is 7.41. The van der Waals surface area contributed by atoms with Gasteiger partial charge in [0, 0.05) is 16.8 Å². The van der Waals surface area contributed by atoms with Crippen LogP contribution in [-0.4, -0.2) is 11.7 Å². The van der Waals surface area contributed by atoms with Gasteiger partial charge >= 0.3 is 0 Å². The van der Waals surface area contributed by atoms with Gasteiger partial charge in [-0.25, -0.2) is 0 Å². The highest BCUT2D eigenvalue weighted by Crippen LogP contribution is 2.18. The fourth-order valence-electron chi connectivity index (χ4n) is 2.52. The lowest BCUT2D eigenvalue weighted by molar-refractivity contribution is 0.101. The van der Waals surface area contributed by atoms with Crippen LogP contribution < -0.4 is 5.32 Å². The van der Waals surface area contributed by atoms with Crippen LogP contribution in [0.3, 0.4) is 0 Å². The minimum atomic E-state index is -0.124. The summed E-state index contributed by atoms with van der Waals surface area (Å²) >= 11 is 0. The monoisotopic (exact) mass is 281 g/mol. The highest BCUT2D eigenvalue weighted by atomic mass is 16.1. The molecule has 0 saturated heterocycles. The average molecular weight is 281 g/mol. The van der Waals surface area contributed by atoms with Crippen LogP contribution in [0.2, 0.25) is 0 Å². The number of benzene rings is 2. The number of carbonyl (C=O) groups excluding carboxylic acids is 2. The van der Waals surface area contributed by atoms with Crippen LogP contribution in [-0.2, 0) is 0 Å². The van der Waals surface area contributed by atoms with E-state index in [4.69, 9.17) is 0 Å². The smallest absolute Gasteiger partial charge is 0.256 e. The normalized spacial score (nSPS) is 10.3. The summed E-state index contributed by atoms with van der Waals surface area (Å²) < 4.78 is 0. The molecule has 0 aliphatic heterocycles. The molecule has 0 saturated carbocycles. The van der Waals surface area contributed by atoms with Gasteiger partial charge < -0.3 is 5.32 Å². The van der Waals surface area contributed by atoms with Crippen molar-refractivity contribution in [1.82, 2.24) is 0 Å². The summed E-state index contributed by atoms with van der Waals surface area (Å²) in [6, 6.07) is 10.9. The number of anilines is 1. The summed E-state index contributed by atoms with van der Waals surface area (Å²) in [6.07, 6.45) is 0. The predicted molar refractivity (Wildman–Crippen MR) is 85.1 cm³/mol. The number of nitrogens with one attached hydrogen (secondary N) is 1. The molecular formula is C18H19NO2. The molecule has 0 radical (unpaired) electrons. The molecule has 2 aromatic rings. The Morgan fingerprint density at radius 3 is 1.90 bits per heavy atom. The van der Waals surface area contributed by atoms with Crippen molar-refractivity contribution < 1.29 is 9.59 Å². The standard InChI is InChI=1S/C18H19NO2/c1-11-9-12(2)17(13(3)10-11)18(21)19-16-7-5-15(6-8-16)14(4)20/h5-10H,1-4H3,(H,19,21). The fourth-order valence-corrected chi connectivity index (χ4v) is 2.52. The number of hydrogen-bond acceptors (Lipinski definition) is 2. The Morgan fingerprint density at radius 1 is 0.905 bits per heavy atom. The molecular weight excluding hydrogens is 262 g/mol. The van der Waals surface area contributed by atoms with E-state index >= 15 is 0 Å². The van der Waals surface area contributed by atoms with E-state index < -0.39 is 0 Å². The molecule has 0 atom stereocenters. The van der Waals surface area contributed by atoms with Crippen LogP contribution in [0.5, 0.6) is 0 Å². The highest BCUT2D eigenvalue weighted by Gasteiger charge is 2.13. The highest BCUT2D eigenvalue weighted by molar-refractivity contribution is 6.06. The molecule has 2 aromatic carbocycles. The van der Waals surface area contributed by atoms with E-state index in [-0.39, 0.29) is 11.7 Å². The Labute approximate surface area is 125 Å². The van der Waals surface area contributed by atoms with Crippen molar-refractivity contribution in [2.75, 3.05) is 5.32 Å². The largest absolute Gasteiger partial charge is 0.322 e. The van der Waals surface area contributed by atoms with E-state index in [1.807, 2.05) is 32.9 Å². The minimum absolute atomic E-state index is 0.0121. The first-order chi connectivity index (χ1) is 9.88. The molecule has 0 heterocycles. The van der Waals surface area contributed by atoms with Gasteiger partial charge in [-0.1, -0.05) is 17.7 Å². The van der Waals surface area contributed by atoms with E-state index in [0.29, 0.717) is 16.8 Å². The molecule has 0 unspecified atom stereocenters. The zero-order chi connectivity index (χ0) is 15.6. The first-order valence-corrected chi connectivity index (χ1v) is 6.88. The van der Waals surface area contributed by atoms with Crippen molar-refractivity contribution in [3.05, 3.63) is 64.2 Å². The zero-order valence-electron chi connectivity index (χ0n) is 12.8. The van der Waals surface area contributed by atoms with Gasteiger partial charge in [-0.2, -0.15) is 0 Å². The quantitative estimate of drug-likeness (QED) is 0.862. The number of amides is 1. The van der Waals surface area contributed by atoms with Gasteiger partial charge in [-0.05, 0) is 63.1 Å². The molecule has 3 nitrogen and oxygen atoms in total. The van der Waals surface area contributed by atoms with Crippen LogP contribution in [0.15, 0.2) is 36.4 Å². The molecule has 21 heavy (non-hydrogen) atoms. The second-order valence-electron chi connectivity index (χ2n) is 5.36. The lowest BCUT2D eigenvalue weighted by Crippen LogP contribution is -2.15. The number of carbonyl (C=O) groups is 2. The lowest BCUT2D eigenvalue weighted by atomic mass is 9.99. The van der Waals surface area contributed by atoms with E-state index in [0.717, 1.165) is 16.7 Å². The Bertz CT molecular complexity index is 677. The van der Waals surface area contributed by atoms with Crippen molar-refractivity contribution in [3.8, 4) is 0 Å². The van der Waals surface area contributed by atoms with Crippen molar-refractivity contribution in [1.29, 1.82) is 0 Å². The first-order valence-electron chi connectivity index (χ1n) is 6.88. The van der Waals surface area contributed by atoms with Gasteiger partial charge in [0.25, 0.3) is 5.91 Å². The fraction of sp³-hybridized carbons (Fsp3) is 0.222. The summed E-state index contributed by atoms with van der Waals surface area (Å²) in [7, 11) is 0. The zero-order valence-corrected chi connectivity index (χ0v) is 12.8. The molecule has 1 N–H and O–H groups in total. The maximum Gasteiger partial charge on any atom is 0.256 e. The minimum Gasteiger partial charge on any atom is -0.322 e. The molecule has 0 aromatic heterocycles. The van der Waals surface area contributed by atoms with Crippen molar-refractivity contribution >= 4 is 17.4 Å². The van der Waals surface area contributed by atoms with Gasteiger partial charge in [-0.15, -0.1) is 0 Å². The third kappa shape index (κ3) is 3.37. The molecule has 0 aliphatic rings. The number of aryl methyl sites for hydroxylation is 3. The summed E-state index contributed by atoms with van der Waals surface area (Å²) in [5, 5.41) is 2.88. The first kappa shape index (κ1) is 15.0. The van der Waals surface area contributed by atoms with Crippen molar-refractivity contribution in [2.45, 2.75) is 27.7 Å². The maximum atomic E-state index is 12.4. The molecule has 2 rings (SSSR count). The summed E-state index contributed by atoms with van der Waals surface area (Å²) in [5.74, 6) is -0.112. The Hall–Kier alpha value is -2.42. The molecule has 0 bridgehead atoms. The number of hydrogen-bond donors (Lipinski definition) is 1. The average Bonchev–Trinajstić information content (AvgIpc) is 2.37. The van der Waals surface area contributed by atoms with Gasteiger partial charge in [-0.3, -0.25) is 9.59 Å². The Kier molecular flexibility index (Phi) is 4.22. The van der Waals surface area contributed by atoms with E-state index in [1.54, 1.807) is 24.3 Å². The van der Waals surface area contributed by atoms with Crippen LogP contribution in [0.25, 0.3) is 0 Å². The Morgan fingerprint density at radius 2 is 1.43 bits per heavy atom. The molecule has 0 spiro atoms. The molecule has 0 fully saturated rings. The lowest BCUT2D eigenvalue weighted by Gasteiger charge is -2.12. The van der Waals surface area contributed by atoms with Crippen molar-refractivity contribution in [3.63, 3.8) is 0 Å². The third-order valence-corrected chi connectivity index (χ3v) is 3.45. The van der Waals surface area contributed by atoms with Crippen LogP contribution in [0.1, 0.15) is 44.3 Å². The molecule has 3 heteroatoms. The van der Waals surface area contributed by atoms with Crippen molar-refractivity contribution in [2.24, 2.45) is 0 Å². The number of Topliss-reactive ketones (excluding diaryl/α,β-unsaturated/α-hetero) is 1. The second-order valence-corrected chi connectivity index (χ2v) is 5.36. The molecule has 0 aliphatic carbocycles. The van der Waals surface area contributed by atoms with Crippen LogP contribution in [0.4, 0.5) is 5.69 Å². The second kappa shape index (κ2) is 5.92. The topological polar surface area (TPSA) is 46.2 Å². The Balaban J connectivity index is 2.24. The summed E-state index contributed by atoms with van der Waals surface area (Å²) in [4.78, 5) is 23.6. The van der Waals surface area contributed by atoms with Crippen LogP contribution >= 0.6 is 0 Å². The van der Waals surface area contributed by atoms with Gasteiger partial charge in [0.1, 0.15) is 0 Å². The van der Waals surface area contributed by atoms with E-state index in [2.05, 4.69) is 5.32 Å². The van der Waals surface area contributed by atoms with Gasteiger partial charge in [0.15, 0.2) is 5.78 Å². The number of rotatable bonds is 3. The van der Waals surface area contributed by atoms with Gasteiger partial charge in [0.05, 0.1) is 0 Å². The van der Waals surface area contributed by atoms with Crippen LogP contribution in [0, 0.1) is 20.8 Å². The summed E-state index contributed by atoms with van der Waals surface area (Å²) in [5.41, 5.74) is 5.10. The molecule has 1 amide bonds. The SMILES string of the molecule is CC(=O)c1ccc(NC(=O)c2c(C)cc(C)cc2C)cc1. The molecule has 108 valence electrons. The predicted octanol–water partition coefficient (Wildman–Crippen LogP) is 4.07. The van der Waals surface area contributed by atoms with E-state index in [9.17, 15) is 9.59 Å². The maximum absolute atomic E-state index is 12.4. The van der Waals surface area contributed by atoms with Gasteiger partial charge in [0.2, 0.25) is 0 Å².